The van der Waals surface area contributed by atoms with Gasteiger partial charge in [0.1, 0.15) is 11.2 Å². The van der Waals surface area contributed by atoms with Gasteiger partial charge in [-0.1, -0.05) is 12.1 Å². The van der Waals surface area contributed by atoms with Gasteiger partial charge in [-0.15, -0.1) is 23.1 Å². The van der Waals surface area contributed by atoms with E-state index in [2.05, 4.69) is 0 Å². The zero-order valence-electron chi connectivity index (χ0n) is 17.1. The van der Waals surface area contributed by atoms with Gasteiger partial charge in [0.05, 0.1) is 17.2 Å². The third kappa shape index (κ3) is 6.08. The number of esters is 1. The maximum absolute atomic E-state index is 13.0. The molecule has 0 unspecified atom stereocenters. The smallest absolute Gasteiger partial charge is 0.333 e. The van der Waals surface area contributed by atoms with E-state index in [1.54, 1.807) is 29.7 Å². The minimum atomic E-state index is -0.534. The van der Waals surface area contributed by atoms with Crippen molar-refractivity contribution < 1.29 is 14.3 Å². The van der Waals surface area contributed by atoms with Crippen LogP contribution < -0.4 is 14.8 Å². The Morgan fingerprint density at radius 3 is 2.38 bits per heavy atom. The molecule has 0 aliphatic carbocycles. The molecule has 0 aliphatic rings. The van der Waals surface area contributed by atoms with Gasteiger partial charge in [0.15, 0.2) is 0 Å². The van der Waals surface area contributed by atoms with Crippen LogP contribution in [0.1, 0.15) is 26.3 Å². The van der Waals surface area contributed by atoms with Gasteiger partial charge < -0.3 is 9.64 Å². The molecular weight excluding hydrogens is 408 g/mol. The van der Waals surface area contributed by atoms with Crippen molar-refractivity contribution in [1.29, 1.82) is 0 Å². The molecule has 0 saturated carbocycles. The van der Waals surface area contributed by atoms with E-state index in [0.717, 1.165) is 10.5 Å². The first-order valence-corrected chi connectivity index (χ1v) is 11.5. The average molecular weight is 435 g/mol. The maximum Gasteiger partial charge on any atom is 0.333 e. The van der Waals surface area contributed by atoms with Crippen LogP contribution in [0, 0.1) is 0 Å². The molecule has 2 rings (SSSR count). The molecule has 0 fully saturated rings. The first-order chi connectivity index (χ1) is 13.9. The van der Waals surface area contributed by atoms with Crippen LogP contribution in [0.2, 0.25) is 0 Å². The lowest BCUT2D eigenvalue weighted by molar-refractivity contribution is -0.135. The molecule has 1 amide bonds. The molecule has 0 saturated heterocycles. The molecule has 0 spiro atoms. The third-order valence-corrected chi connectivity index (χ3v) is 6.09. The number of thioether (sulfide) groups is 1. The second-order valence-electron chi connectivity index (χ2n) is 6.08. The highest BCUT2D eigenvalue weighted by Crippen LogP contribution is 2.14. The predicted octanol–water partition coefficient (Wildman–Crippen LogP) is 1.67. The van der Waals surface area contributed by atoms with Gasteiger partial charge in [-0.3, -0.25) is 14.2 Å². The number of nitrogens with zero attached hydrogens (tertiary/aromatic N) is 2. The van der Waals surface area contributed by atoms with Crippen molar-refractivity contribution in [2.45, 2.75) is 32.2 Å². The summed E-state index contributed by atoms with van der Waals surface area (Å²) in [6.45, 7) is 6.75. The Balaban J connectivity index is 2.55. The molecule has 1 aromatic heterocycles. The predicted molar refractivity (Wildman–Crippen MR) is 119 cm³/mol. The minimum Gasteiger partial charge on any atom is -0.463 e. The molecule has 156 valence electrons. The van der Waals surface area contributed by atoms with Gasteiger partial charge in [-0.05, 0) is 50.8 Å². The van der Waals surface area contributed by atoms with Crippen molar-refractivity contribution in [2.75, 3.05) is 26.0 Å². The van der Waals surface area contributed by atoms with Crippen molar-refractivity contribution in [3.63, 3.8) is 0 Å². The number of hydrogen-bond donors (Lipinski definition) is 0. The maximum atomic E-state index is 13.0. The lowest BCUT2D eigenvalue weighted by atomic mass is 10.2. The Morgan fingerprint density at radius 2 is 1.83 bits per heavy atom. The number of likely N-dealkylation sites (N-methyl/N-ethyl adjacent to an activating group) is 1. The van der Waals surface area contributed by atoms with Gasteiger partial charge in [-0.25, -0.2) is 4.79 Å². The number of hydrogen-bond acceptors (Lipinski definition) is 6. The van der Waals surface area contributed by atoms with E-state index in [4.69, 9.17) is 4.74 Å². The Labute approximate surface area is 178 Å². The second-order valence-corrected chi connectivity index (χ2v) is 8.02. The summed E-state index contributed by atoms with van der Waals surface area (Å²) in [6.07, 6.45) is 5.05. The number of carbonyl (C=O) groups excluding carboxylic acids is 2. The average Bonchev–Trinajstić information content (AvgIpc) is 2.98. The van der Waals surface area contributed by atoms with E-state index in [1.807, 2.05) is 44.4 Å². The molecule has 2 aromatic rings. The Hall–Kier alpha value is -2.32. The molecule has 29 heavy (non-hydrogen) atoms. The highest BCUT2D eigenvalue weighted by molar-refractivity contribution is 7.98. The molecule has 6 nitrogen and oxygen atoms in total. The summed E-state index contributed by atoms with van der Waals surface area (Å²) in [5.74, 6) is -0.696. The van der Waals surface area contributed by atoms with Crippen LogP contribution in [-0.2, 0) is 20.9 Å². The SMILES string of the molecule is CCOC(=O)/C=c1\s/c(=C\c2ccc(SC)cc2)c(=O)n1CC(=O)N(CC)CC. The van der Waals surface area contributed by atoms with Crippen molar-refractivity contribution >= 4 is 47.1 Å². The number of aromatic nitrogens is 1. The number of benzene rings is 1. The first kappa shape index (κ1) is 23.0. The summed E-state index contributed by atoms with van der Waals surface area (Å²) in [7, 11) is 0. The van der Waals surface area contributed by atoms with Crippen molar-refractivity contribution in [2.24, 2.45) is 0 Å². The summed E-state index contributed by atoms with van der Waals surface area (Å²) >= 11 is 2.82. The number of amides is 1. The fourth-order valence-electron chi connectivity index (χ4n) is 2.74. The van der Waals surface area contributed by atoms with Gasteiger partial charge in [0, 0.05) is 18.0 Å². The van der Waals surface area contributed by atoms with Crippen LogP contribution in [0.4, 0.5) is 0 Å². The zero-order chi connectivity index (χ0) is 21.4. The molecule has 8 heteroatoms. The van der Waals surface area contributed by atoms with Gasteiger partial charge in [0.2, 0.25) is 5.91 Å². The van der Waals surface area contributed by atoms with Crippen LogP contribution in [0.15, 0.2) is 34.0 Å². The highest BCUT2D eigenvalue weighted by atomic mass is 32.2. The summed E-state index contributed by atoms with van der Waals surface area (Å²) < 4.78 is 7.20. The van der Waals surface area contributed by atoms with E-state index < -0.39 is 5.97 Å². The van der Waals surface area contributed by atoms with E-state index in [0.29, 0.717) is 22.3 Å². The van der Waals surface area contributed by atoms with Crippen LogP contribution in [-0.4, -0.2) is 47.3 Å². The highest BCUT2D eigenvalue weighted by Gasteiger charge is 2.14. The molecule has 0 N–H and O–H groups in total. The quantitative estimate of drug-likeness (QED) is 0.467. The summed E-state index contributed by atoms with van der Waals surface area (Å²) in [5.41, 5.74) is 0.589. The van der Waals surface area contributed by atoms with Crippen molar-refractivity contribution in [3.05, 3.63) is 49.4 Å². The Bertz CT molecular complexity index is 1020. The number of ether oxygens (including phenoxy) is 1. The normalized spacial score (nSPS) is 12.3. The molecule has 1 aromatic carbocycles. The largest absolute Gasteiger partial charge is 0.463 e. The Kier molecular flexibility index (Phi) is 8.72. The van der Waals surface area contributed by atoms with Crippen molar-refractivity contribution in [1.82, 2.24) is 9.47 Å². The van der Waals surface area contributed by atoms with Crippen LogP contribution >= 0.6 is 23.1 Å². The summed E-state index contributed by atoms with van der Waals surface area (Å²) in [4.78, 5) is 40.3. The van der Waals surface area contributed by atoms with E-state index in [-0.39, 0.29) is 24.6 Å². The van der Waals surface area contributed by atoms with Crippen molar-refractivity contribution in [3.8, 4) is 0 Å². The van der Waals surface area contributed by atoms with E-state index in [1.165, 1.54) is 22.0 Å². The van der Waals surface area contributed by atoms with Crippen LogP contribution in [0.5, 0.6) is 0 Å². The molecule has 0 atom stereocenters. The molecule has 1 heterocycles. The number of rotatable bonds is 8. The molecule has 0 bridgehead atoms. The zero-order valence-corrected chi connectivity index (χ0v) is 18.8. The topological polar surface area (TPSA) is 68.6 Å². The second kappa shape index (κ2) is 11.0. The lowest BCUT2D eigenvalue weighted by Crippen LogP contribution is -2.40. The lowest BCUT2D eigenvalue weighted by Gasteiger charge is -2.18. The monoisotopic (exact) mass is 434 g/mol. The standard InChI is InChI=1S/C21H26N2O4S2/c1-5-22(6-2)18(24)14-23-19(13-20(25)27-7-3)29-17(21(23)26)12-15-8-10-16(28-4)11-9-15/h8-13H,5-7,14H2,1-4H3/b17-12-,19-13-. The Morgan fingerprint density at radius 1 is 1.17 bits per heavy atom. The number of thiazole rings is 1. The fraction of sp³-hybridized carbons (Fsp3) is 0.381. The van der Waals surface area contributed by atoms with Crippen LogP contribution in [0.3, 0.4) is 0 Å². The molecule has 0 aliphatic heterocycles. The van der Waals surface area contributed by atoms with Gasteiger partial charge in [0.25, 0.3) is 5.56 Å². The van der Waals surface area contributed by atoms with Gasteiger partial charge in [-0.2, -0.15) is 0 Å². The summed E-state index contributed by atoms with van der Waals surface area (Å²) in [5, 5.41) is 0. The summed E-state index contributed by atoms with van der Waals surface area (Å²) in [6, 6.07) is 7.84. The number of carbonyl (C=O) groups is 2. The first-order valence-electron chi connectivity index (χ1n) is 9.45. The third-order valence-electron chi connectivity index (χ3n) is 4.29. The van der Waals surface area contributed by atoms with E-state index >= 15 is 0 Å². The fourth-order valence-corrected chi connectivity index (χ4v) is 4.18. The molecule has 0 radical (unpaired) electrons. The van der Waals surface area contributed by atoms with Gasteiger partial charge >= 0.3 is 5.97 Å². The molecular formula is C21H26N2O4S2. The van der Waals surface area contributed by atoms with E-state index in [9.17, 15) is 14.4 Å². The minimum absolute atomic E-state index is 0.110. The van der Waals surface area contributed by atoms with Crippen LogP contribution in [0.25, 0.3) is 12.2 Å².